The first-order valence-electron chi connectivity index (χ1n) is 6.32. The van der Waals surface area contributed by atoms with Crippen molar-refractivity contribution in [3.05, 3.63) is 59.9 Å². The fourth-order valence-electron chi connectivity index (χ4n) is 2.00. The van der Waals surface area contributed by atoms with Crippen LogP contribution >= 0.6 is 0 Å². The SMILES string of the molecule is O=C(O)/C=C/c1c(F)cccc1-c1ccccc1OC(F)(F)F. The van der Waals surface area contributed by atoms with Crippen molar-refractivity contribution in [2.45, 2.75) is 6.36 Å². The average molecular weight is 326 g/mol. The number of rotatable bonds is 4. The van der Waals surface area contributed by atoms with Crippen LogP contribution < -0.4 is 4.74 Å². The summed E-state index contributed by atoms with van der Waals surface area (Å²) in [5.41, 5.74) is -0.0650. The van der Waals surface area contributed by atoms with E-state index >= 15 is 0 Å². The molecule has 2 aromatic rings. The van der Waals surface area contributed by atoms with E-state index in [0.717, 1.165) is 18.2 Å². The van der Waals surface area contributed by atoms with E-state index in [4.69, 9.17) is 5.11 Å². The molecule has 0 bridgehead atoms. The number of para-hydroxylation sites is 1. The highest BCUT2D eigenvalue weighted by atomic mass is 19.4. The quantitative estimate of drug-likeness (QED) is 0.665. The molecule has 0 heterocycles. The molecule has 0 fully saturated rings. The van der Waals surface area contributed by atoms with Gasteiger partial charge in [-0.1, -0.05) is 30.3 Å². The van der Waals surface area contributed by atoms with Crippen molar-refractivity contribution in [3.8, 4) is 16.9 Å². The van der Waals surface area contributed by atoms with E-state index in [1.807, 2.05) is 0 Å². The topological polar surface area (TPSA) is 46.5 Å². The predicted octanol–water partition coefficient (Wildman–Crippen LogP) is 4.49. The number of aliphatic carboxylic acids is 1. The van der Waals surface area contributed by atoms with Crippen LogP contribution in [0.5, 0.6) is 5.75 Å². The first kappa shape index (κ1) is 16.5. The van der Waals surface area contributed by atoms with E-state index in [-0.39, 0.29) is 16.7 Å². The molecule has 2 aromatic carbocycles. The second-order valence-electron chi connectivity index (χ2n) is 4.42. The van der Waals surface area contributed by atoms with E-state index in [1.165, 1.54) is 30.3 Å². The predicted molar refractivity (Wildman–Crippen MR) is 75.2 cm³/mol. The van der Waals surface area contributed by atoms with Gasteiger partial charge in [0.2, 0.25) is 0 Å². The van der Waals surface area contributed by atoms with Crippen molar-refractivity contribution >= 4 is 12.0 Å². The first-order chi connectivity index (χ1) is 10.8. The van der Waals surface area contributed by atoms with Gasteiger partial charge in [-0.2, -0.15) is 0 Å². The van der Waals surface area contributed by atoms with Crippen LogP contribution in [0.4, 0.5) is 17.6 Å². The normalized spacial score (nSPS) is 11.7. The Kier molecular flexibility index (Phi) is 4.68. The van der Waals surface area contributed by atoms with Gasteiger partial charge in [0.1, 0.15) is 11.6 Å². The van der Waals surface area contributed by atoms with E-state index in [1.54, 1.807) is 0 Å². The molecule has 0 radical (unpaired) electrons. The Morgan fingerprint density at radius 2 is 1.70 bits per heavy atom. The number of carbonyl (C=O) groups is 1. The number of ether oxygens (including phenoxy) is 1. The Hall–Kier alpha value is -2.83. The van der Waals surface area contributed by atoms with Crippen molar-refractivity contribution in [2.75, 3.05) is 0 Å². The Balaban J connectivity index is 2.59. The standard InChI is InChI=1S/C16H10F4O3/c17-13-6-3-5-10(11(13)8-9-15(21)22)12-4-1-2-7-14(12)23-16(18,19)20/h1-9H,(H,21,22)/b9-8+. The third-order valence-corrected chi connectivity index (χ3v) is 2.85. The molecule has 0 unspecified atom stereocenters. The molecular weight excluding hydrogens is 316 g/mol. The molecule has 0 saturated carbocycles. The molecule has 0 amide bonds. The highest BCUT2D eigenvalue weighted by Crippen LogP contribution is 2.36. The molecule has 120 valence electrons. The molecule has 3 nitrogen and oxygen atoms in total. The molecule has 7 heteroatoms. The van der Waals surface area contributed by atoms with Crippen LogP contribution in [-0.2, 0) is 4.79 Å². The van der Waals surface area contributed by atoms with Crippen LogP contribution in [0, 0.1) is 5.82 Å². The van der Waals surface area contributed by atoms with Crippen LogP contribution in [-0.4, -0.2) is 17.4 Å². The zero-order chi connectivity index (χ0) is 17.0. The summed E-state index contributed by atoms with van der Waals surface area (Å²) in [5.74, 6) is -2.57. The number of hydrogen-bond donors (Lipinski definition) is 1. The van der Waals surface area contributed by atoms with Crippen LogP contribution in [0.3, 0.4) is 0 Å². The van der Waals surface area contributed by atoms with Crippen LogP contribution in [0.2, 0.25) is 0 Å². The summed E-state index contributed by atoms with van der Waals surface area (Å²) in [6.45, 7) is 0. The number of carboxylic acids is 1. The highest BCUT2D eigenvalue weighted by Gasteiger charge is 2.32. The summed E-state index contributed by atoms with van der Waals surface area (Å²) in [6, 6.07) is 9.01. The van der Waals surface area contributed by atoms with Gasteiger partial charge < -0.3 is 9.84 Å². The first-order valence-corrected chi connectivity index (χ1v) is 6.32. The van der Waals surface area contributed by atoms with Crippen molar-refractivity contribution in [3.63, 3.8) is 0 Å². The van der Waals surface area contributed by atoms with E-state index < -0.39 is 23.9 Å². The summed E-state index contributed by atoms with van der Waals surface area (Å²) in [7, 11) is 0. The fourth-order valence-corrected chi connectivity index (χ4v) is 2.00. The lowest BCUT2D eigenvalue weighted by Gasteiger charge is -2.15. The number of hydrogen-bond acceptors (Lipinski definition) is 2. The van der Waals surface area contributed by atoms with Crippen molar-refractivity contribution < 1.29 is 32.2 Å². The molecular formula is C16H10F4O3. The molecule has 0 aliphatic carbocycles. The average Bonchev–Trinajstić information content (AvgIpc) is 2.44. The largest absolute Gasteiger partial charge is 0.573 e. The van der Waals surface area contributed by atoms with Gasteiger partial charge in [0.15, 0.2) is 0 Å². The van der Waals surface area contributed by atoms with E-state index in [2.05, 4.69) is 4.74 Å². The van der Waals surface area contributed by atoms with Crippen molar-refractivity contribution in [2.24, 2.45) is 0 Å². The fraction of sp³-hybridized carbons (Fsp3) is 0.0625. The maximum atomic E-state index is 13.9. The monoisotopic (exact) mass is 326 g/mol. The third-order valence-electron chi connectivity index (χ3n) is 2.85. The lowest BCUT2D eigenvalue weighted by atomic mass is 9.98. The Morgan fingerprint density at radius 1 is 1.04 bits per heavy atom. The summed E-state index contributed by atoms with van der Waals surface area (Å²) >= 11 is 0. The Bertz CT molecular complexity index is 751. The van der Waals surface area contributed by atoms with Crippen LogP contribution in [0.15, 0.2) is 48.5 Å². The lowest BCUT2D eigenvalue weighted by molar-refractivity contribution is -0.274. The molecule has 0 spiro atoms. The van der Waals surface area contributed by atoms with Gasteiger partial charge in [0, 0.05) is 17.2 Å². The zero-order valence-corrected chi connectivity index (χ0v) is 11.5. The molecule has 2 rings (SSSR count). The number of halogens is 4. The minimum atomic E-state index is -4.90. The second kappa shape index (κ2) is 6.51. The van der Waals surface area contributed by atoms with Gasteiger partial charge in [-0.25, -0.2) is 9.18 Å². The third kappa shape index (κ3) is 4.32. The zero-order valence-electron chi connectivity index (χ0n) is 11.5. The summed E-state index contributed by atoms with van der Waals surface area (Å²) in [6.07, 6.45) is -3.22. The minimum absolute atomic E-state index is 0.00522. The van der Waals surface area contributed by atoms with Crippen LogP contribution in [0.25, 0.3) is 17.2 Å². The molecule has 0 saturated heterocycles. The number of benzene rings is 2. The lowest BCUT2D eigenvalue weighted by Crippen LogP contribution is -2.17. The van der Waals surface area contributed by atoms with Gasteiger partial charge in [-0.3, -0.25) is 0 Å². The molecule has 23 heavy (non-hydrogen) atoms. The van der Waals surface area contributed by atoms with Crippen molar-refractivity contribution in [1.29, 1.82) is 0 Å². The van der Waals surface area contributed by atoms with Crippen molar-refractivity contribution in [1.82, 2.24) is 0 Å². The minimum Gasteiger partial charge on any atom is -0.478 e. The summed E-state index contributed by atoms with van der Waals surface area (Å²) < 4.78 is 55.3. The van der Waals surface area contributed by atoms with Gasteiger partial charge >= 0.3 is 12.3 Å². The smallest absolute Gasteiger partial charge is 0.478 e. The molecule has 1 N–H and O–H groups in total. The molecule has 0 atom stereocenters. The highest BCUT2D eigenvalue weighted by molar-refractivity contribution is 5.88. The maximum Gasteiger partial charge on any atom is 0.573 e. The Morgan fingerprint density at radius 3 is 2.35 bits per heavy atom. The molecule has 0 aromatic heterocycles. The van der Waals surface area contributed by atoms with Gasteiger partial charge in [-0.05, 0) is 23.8 Å². The maximum absolute atomic E-state index is 13.9. The van der Waals surface area contributed by atoms with Gasteiger partial charge in [0.05, 0.1) is 0 Å². The summed E-state index contributed by atoms with van der Waals surface area (Å²) in [4.78, 5) is 10.6. The second-order valence-corrected chi connectivity index (χ2v) is 4.42. The molecule has 0 aliphatic rings. The Labute approximate surface area is 128 Å². The number of alkyl halides is 3. The van der Waals surface area contributed by atoms with Crippen LogP contribution in [0.1, 0.15) is 5.56 Å². The molecule has 0 aliphatic heterocycles. The van der Waals surface area contributed by atoms with E-state index in [0.29, 0.717) is 6.08 Å². The van der Waals surface area contributed by atoms with Gasteiger partial charge in [0.25, 0.3) is 0 Å². The van der Waals surface area contributed by atoms with E-state index in [9.17, 15) is 22.4 Å². The summed E-state index contributed by atoms with van der Waals surface area (Å²) in [5, 5.41) is 8.65. The van der Waals surface area contributed by atoms with Gasteiger partial charge in [-0.15, -0.1) is 13.2 Å². The number of carboxylic acid groups (broad SMARTS) is 1.